The molecule has 29 heavy (non-hydrogen) atoms. The van der Waals surface area contributed by atoms with Crippen LogP contribution >= 0.6 is 0 Å². The Balaban J connectivity index is 1.86. The third-order valence-electron chi connectivity index (χ3n) is 5.33. The summed E-state index contributed by atoms with van der Waals surface area (Å²) in [6.07, 6.45) is 4.80. The van der Waals surface area contributed by atoms with Crippen molar-refractivity contribution in [1.82, 2.24) is 5.32 Å². The standard InChI is InChI=1S/C26H29NO2/c1-4-6-18(3)7-8-23-16-22(13-14-25(23)28)19-9-10-21-17-24(26(29)27-5-2)12-11-20(21)15-19/h4,9-18,28H,1,5-8H2,2-3H3,(H,27,29). The van der Waals surface area contributed by atoms with Gasteiger partial charge in [-0.15, -0.1) is 6.58 Å². The second-order valence-electron chi connectivity index (χ2n) is 7.65. The molecule has 3 heteroatoms. The first kappa shape index (κ1) is 20.7. The highest BCUT2D eigenvalue weighted by Crippen LogP contribution is 2.30. The van der Waals surface area contributed by atoms with E-state index in [1.807, 2.05) is 43.3 Å². The summed E-state index contributed by atoms with van der Waals surface area (Å²) in [5.41, 5.74) is 3.84. The van der Waals surface area contributed by atoms with E-state index in [1.54, 1.807) is 6.07 Å². The van der Waals surface area contributed by atoms with Crippen LogP contribution in [0.4, 0.5) is 0 Å². The normalized spacial score (nSPS) is 11.9. The van der Waals surface area contributed by atoms with E-state index in [0.717, 1.165) is 46.7 Å². The molecule has 0 radical (unpaired) electrons. The zero-order valence-corrected chi connectivity index (χ0v) is 17.2. The fourth-order valence-electron chi connectivity index (χ4n) is 3.60. The molecule has 0 spiro atoms. The molecule has 3 aromatic rings. The zero-order valence-electron chi connectivity index (χ0n) is 17.2. The maximum Gasteiger partial charge on any atom is 0.251 e. The number of hydrogen-bond acceptors (Lipinski definition) is 2. The lowest BCUT2D eigenvalue weighted by molar-refractivity contribution is 0.0956. The van der Waals surface area contributed by atoms with Crippen LogP contribution in [0.15, 0.2) is 67.3 Å². The van der Waals surface area contributed by atoms with Crippen LogP contribution in [0.5, 0.6) is 5.75 Å². The highest BCUT2D eigenvalue weighted by molar-refractivity contribution is 5.99. The fraction of sp³-hybridized carbons (Fsp3) is 0.269. The first-order chi connectivity index (χ1) is 14.0. The summed E-state index contributed by atoms with van der Waals surface area (Å²) in [5, 5.41) is 15.2. The summed E-state index contributed by atoms with van der Waals surface area (Å²) in [7, 11) is 0. The lowest BCUT2D eigenvalue weighted by Gasteiger charge is -2.12. The van der Waals surface area contributed by atoms with Crippen molar-refractivity contribution in [1.29, 1.82) is 0 Å². The number of aromatic hydroxyl groups is 1. The smallest absolute Gasteiger partial charge is 0.251 e. The first-order valence-electron chi connectivity index (χ1n) is 10.3. The van der Waals surface area contributed by atoms with E-state index in [0.29, 0.717) is 23.8 Å². The summed E-state index contributed by atoms with van der Waals surface area (Å²) in [6, 6.07) is 17.8. The van der Waals surface area contributed by atoms with Crippen molar-refractivity contribution in [2.75, 3.05) is 6.54 Å². The SMILES string of the molecule is C=CCC(C)CCc1cc(-c2ccc3cc(C(=O)NCC)ccc3c2)ccc1O. The number of hydrogen-bond donors (Lipinski definition) is 2. The van der Waals surface area contributed by atoms with E-state index < -0.39 is 0 Å². The van der Waals surface area contributed by atoms with Crippen LogP contribution in [-0.2, 0) is 6.42 Å². The Hall–Kier alpha value is -3.07. The first-order valence-corrected chi connectivity index (χ1v) is 10.3. The summed E-state index contributed by atoms with van der Waals surface area (Å²) in [6.45, 7) is 8.54. The van der Waals surface area contributed by atoms with Gasteiger partial charge in [-0.3, -0.25) is 4.79 Å². The highest BCUT2D eigenvalue weighted by Gasteiger charge is 2.09. The quantitative estimate of drug-likeness (QED) is 0.458. The number of amides is 1. The van der Waals surface area contributed by atoms with Crippen molar-refractivity contribution in [3.8, 4) is 16.9 Å². The van der Waals surface area contributed by atoms with E-state index in [4.69, 9.17) is 0 Å². The number of phenolic OH excluding ortho intramolecular Hbond substituents is 1. The largest absolute Gasteiger partial charge is 0.508 e. The molecule has 1 amide bonds. The number of allylic oxidation sites excluding steroid dienone is 1. The minimum atomic E-state index is -0.0488. The Morgan fingerprint density at radius 3 is 2.52 bits per heavy atom. The molecule has 0 aliphatic heterocycles. The van der Waals surface area contributed by atoms with Crippen molar-refractivity contribution < 1.29 is 9.90 Å². The molecule has 0 saturated heterocycles. The molecular formula is C26H29NO2. The van der Waals surface area contributed by atoms with Gasteiger partial charge in [-0.2, -0.15) is 0 Å². The van der Waals surface area contributed by atoms with Crippen molar-refractivity contribution in [3.05, 3.63) is 78.4 Å². The van der Waals surface area contributed by atoms with Crippen LogP contribution in [0, 0.1) is 5.92 Å². The minimum absolute atomic E-state index is 0.0488. The van der Waals surface area contributed by atoms with Crippen LogP contribution in [0.3, 0.4) is 0 Å². The monoisotopic (exact) mass is 387 g/mol. The fourth-order valence-corrected chi connectivity index (χ4v) is 3.60. The van der Waals surface area contributed by atoms with Crippen LogP contribution in [0.2, 0.25) is 0 Å². The lowest BCUT2D eigenvalue weighted by atomic mass is 9.94. The molecular weight excluding hydrogens is 358 g/mol. The van der Waals surface area contributed by atoms with Crippen LogP contribution in [-0.4, -0.2) is 17.6 Å². The van der Waals surface area contributed by atoms with Gasteiger partial charge in [0, 0.05) is 12.1 Å². The second kappa shape index (κ2) is 9.42. The van der Waals surface area contributed by atoms with Crippen molar-refractivity contribution in [2.24, 2.45) is 5.92 Å². The maximum atomic E-state index is 12.1. The van der Waals surface area contributed by atoms with Crippen LogP contribution in [0.1, 0.15) is 42.6 Å². The predicted molar refractivity (Wildman–Crippen MR) is 121 cm³/mol. The third-order valence-corrected chi connectivity index (χ3v) is 5.33. The van der Waals surface area contributed by atoms with Crippen molar-refractivity contribution >= 4 is 16.7 Å². The van der Waals surface area contributed by atoms with Crippen molar-refractivity contribution in [3.63, 3.8) is 0 Å². The molecule has 0 aromatic heterocycles. The Labute approximate surface area is 173 Å². The molecule has 3 nitrogen and oxygen atoms in total. The highest BCUT2D eigenvalue weighted by atomic mass is 16.3. The van der Waals surface area contributed by atoms with E-state index in [-0.39, 0.29) is 5.91 Å². The molecule has 3 aromatic carbocycles. The topological polar surface area (TPSA) is 49.3 Å². The van der Waals surface area contributed by atoms with Gasteiger partial charge in [0.1, 0.15) is 5.75 Å². The number of benzene rings is 3. The number of nitrogens with one attached hydrogen (secondary N) is 1. The maximum absolute atomic E-state index is 12.1. The Morgan fingerprint density at radius 1 is 1.07 bits per heavy atom. The number of aryl methyl sites for hydroxylation is 1. The number of phenols is 1. The molecule has 0 heterocycles. The van der Waals surface area contributed by atoms with Gasteiger partial charge < -0.3 is 10.4 Å². The number of fused-ring (bicyclic) bond motifs is 1. The molecule has 0 aliphatic carbocycles. The average Bonchev–Trinajstić information content (AvgIpc) is 2.73. The van der Waals surface area contributed by atoms with E-state index in [1.165, 1.54) is 0 Å². The van der Waals surface area contributed by atoms with Gasteiger partial charge in [0.15, 0.2) is 0 Å². The van der Waals surface area contributed by atoms with Gasteiger partial charge in [-0.25, -0.2) is 0 Å². The van der Waals surface area contributed by atoms with E-state index in [2.05, 4.69) is 37.0 Å². The molecule has 3 rings (SSSR count). The number of rotatable bonds is 8. The van der Waals surface area contributed by atoms with E-state index in [9.17, 15) is 9.90 Å². The Morgan fingerprint density at radius 2 is 1.76 bits per heavy atom. The summed E-state index contributed by atoms with van der Waals surface area (Å²) >= 11 is 0. The lowest BCUT2D eigenvalue weighted by Crippen LogP contribution is -2.22. The van der Waals surface area contributed by atoms with Gasteiger partial charge in [-0.05, 0) is 89.9 Å². The zero-order chi connectivity index (χ0) is 20.8. The number of carbonyl (C=O) groups excluding carboxylic acids is 1. The summed E-state index contributed by atoms with van der Waals surface area (Å²) in [5.74, 6) is 0.856. The van der Waals surface area contributed by atoms with Gasteiger partial charge in [0.2, 0.25) is 0 Å². The average molecular weight is 388 g/mol. The molecule has 0 fully saturated rings. The van der Waals surface area contributed by atoms with Gasteiger partial charge >= 0.3 is 0 Å². The summed E-state index contributed by atoms with van der Waals surface area (Å²) in [4.78, 5) is 12.1. The van der Waals surface area contributed by atoms with Crippen LogP contribution in [0.25, 0.3) is 21.9 Å². The summed E-state index contributed by atoms with van der Waals surface area (Å²) < 4.78 is 0. The Kier molecular flexibility index (Phi) is 6.71. The predicted octanol–water partition coefficient (Wildman–Crippen LogP) is 6.11. The molecule has 2 N–H and O–H groups in total. The minimum Gasteiger partial charge on any atom is -0.508 e. The Bertz CT molecular complexity index is 1020. The molecule has 0 bridgehead atoms. The molecule has 0 saturated carbocycles. The van der Waals surface area contributed by atoms with Crippen LogP contribution < -0.4 is 5.32 Å². The van der Waals surface area contributed by atoms with E-state index >= 15 is 0 Å². The molecule has 1 unspecified atom stereocenters. The third kappa shape index (κ3) is 5.05. The molecule has 150 valence electrons. The second-order valence-corrected chi connectivity index (χ2v) is 7.65. The molecule has 0 aliphatic rings. The number of carbonyl (C=O) groups is 1. The van der Waals surface area contributed by atoms with Crippen molar-refractivity contribution in [2.45, 2.75) is 33.1 Å². The van der Waals surface area contributed by atoms with Gasteiger partial charge in [-0.1, -0.05) is 37.3 Å². The van der Waals surface area contributed by atoms with Gasteiger partial charge in [0.05, 0.1) is 0 Å². The molecule has 1 atom stereocenters. The van der Waals surface area contributed by atoms with Gasteiger partial charge in [0.25, 0.3) is 5.91 Å².